The summed E-state index contributed by atoms with van der Waals surface area (Å²) in [6, 6.07) is 0. The van der Waals surface area contributed by atoms with Gasteiger partial charge in [-0.3, -0.25) is 9.40 Å². The molecule has 0 fully saturated rings. The molecule has 0 spiro atoms. The quantitative estimate of drug-likeness (QED) is 0.689. The molecule has 0 aliphatic carbocycles. The molecule has 2 N–H and O–H groups in total. The molecule has 0 unspecified atom stereocenters. The minimum Gasteiger partial charge on any atom is -0.315 e. The van der Waals surface area contributed by atoms with Gasteiger partial charge in [0, 0.05) is 12.7 Å². The van der Waals surface area contributed by atoms with Gasteiger partial charge in [-0.05, 0) is 13.0 Å². The fourth-order valence-corrected chi connectivity index (χ4v) is 3.14. The summed E-state index contributed by atoms with van der Waals surface area (Å²) >= 11 is 1.12. The molecule has 10 heteroatoms. The third kappa shape index (κ3) is 3.99. The van der Waals surface area contributed by atoms with Crippen molar-refractivity contribution in [1.82, 2.24) is 25.3 Å². The molecule has 0 amide bonds. The van der Waals surface area contributed by atoms with Crippen molar-refractivity contribution < 1.29 is 8.42 Å². The van der Waals surface area contributed by atoms with E-state index in [9.17, 15) is 8.42 Å². The van der Waals surface area contributed by atoms with E-state index in [1.54, 1.807) is 4.68 Å². The molecule has 0 aliphatic heterocycles. The highest BCUT2D eigenvalue weighted by Crippen LogP contribution is 2.15. The van der Waals surface area contributed by atoms with Crippen LogP contribution in [-0.2, 0) is 16.6 Å². The number of anilines is 1. The van der Waals surface area contributed by atoms with Gasteiger partial charge in [0.2, 0.25) is 5.13 Å². The molecule has 2 rings (SSSR count). The van der Waals surface area contributed by atoms with Crippen LogP contribution in [0.2, 0.25) is 0 Å². The van der Waals surface area contributed by atoms with Crippen molar-refractivity contribution in [2.24, 2.45) is 0 Å². The maximum atomic E-state index is 12.0. The van der Waals surface area contributed by atoms with E-state index < -0.39 is 10.0 Å². The highest BCUT2D eigenvalue weighted by Gasteiger charge is 2.17. The number of sulfonamides is 1. The maximum Gasteiger partial charge on any atom is 0.266 e. The number of rotatable bonds is 8. The van der Waals surface area contributed by atoms with Crippen LogP contribution in [0.3, 0.4) is 0 Å². The van der Waals surface area contributed by atoms with Crippen LogP contribution in [0.4, 0.5) is 5.13 Å². The van der Waals surface area contributed by atoms with Crippen LogP contribution < -0.4 is 10.0 Å². The van der Waals surface area contributed by atoms with E-state index in [4.69, 9.17) is 0 Å². The van der Waals surface area contributed by atoms with E-state index in [-0.39, 0.29) is 10.0 Å². The lowest BCUT2D eigenvalue weighted by atomic mass is 10.5. The molecular weight excluding hydrogens is 300 g/mol. The van der Waals surface area contributed by atoms with Crippen molar-refractivity contribution >= 4 is 26.5 Å². The van der Waals surface area contributed by atoms with Gasteiger partial charge in [0.15, 0.2) is 0 Å². The van der Waals surface area contributed by atoms with E-state index >= 15 is 0 Å². The van der Waals surface area contributed by atoms with Crippen molar-refractivity contribution in [1.29, 1.82) is 0 Å². The van der Waals surface area contributed by atoms with Gasteiger partial charge < -0.3 is 5.32 Å². The van der Waals surface area contributed by atoms with Crippen LogP contribution >= 0.6 is 11.3 Å². The topological polar surface area (TPSA) is 102 Å². The molecule has 2 aromatic rings. The molecular formula is C10H16N6O2S2. The first-order chi connectivity index (χ1) is 9.62. The molecule has 2 aromatic heterocycles. The third-order valence-electron chi connectivity index (χ3n) is 2.45. The maximum absolute atomic E-state index is 12.0. The lowest BCUT2D eigenvalue weighted by Gasteiger charge is -2.03. The van der Waals surface area contributed by atoms with Gasteiger partial charge in [-0.25, -0.2) is 8.42 Å². The Morgan fingerprint density at radius 3 is 2.95 bits per heavy atom. The summed E-state index contributed by atoms with van der Waals surface area (Å²) in [6.07, 6.45) is 3.88. The SMILES string of the molecule is CCCNCCn1cc(S(=O)(=O)Nc2nncs2)cn1. The number of hydrogen-bond donors (Lipinski definition) is 2. The zero-order chi connectivity index (χ0) is 14.4. The number of nitrogens with zero attached hydrogens (tertiary/aromatic N) is 4. The molecule has 2 heterocycles. The van der Waals surface area contributed by atoms with Crippen molar-refractivity contribution in [3.05, 3.63) is 17.9 Å². The fourth-order valence-electron chi connectivity index (χ4n) is 1.49. The average Bonchev–Trinajstić information content (AvgIpc) is 3.05. The molecule has 20 heavy (non-hydrogen) atoms. The van der Waals surface area contributed by atoms with Gasteiger partial charge in [-0.2, -0.15) is 5.10 Å². The summed E-state index contributed by atoms with van der Waals surface area (Å²) in [5.41, 5.74) is 1.46. The zero-order valence-electron chi connectivity index (χ0n) is 11.0. The third-order valence-corrected chi connectivity index (χ3v) is 4.48. The largest absolute Gasteiger partial charge is 0.315 e. The van der Waals surface area contributed by atoms with Gasteiger partial charge in [0.25, 0.3) is 10.0 Å². The summed E-state index contributed by atoms with van der Waals surface area (Å²) in [6.45, 7) is 4.39. The molecule has 110 valence electrons. The van der Waals surface area contributed by atoms with E-state index in [2.05, 4.69) is 32.3 Å². The van der Waals surface area contributed by atoms with Crippen LogP contribution in [-0.4, -0.2) is 41.5 Å². The van der Waals surface area contributed by atoms with Crippen molar-refractivity contribution in [3.8, 4) is 0 Å². The molecule has 0 saturated carbocycles. The first kappa shape index (κ1) is 14.9. The van der Waals surface area contributed by atoms with E-state index in [0.717, 1.165) is 30.8 Å². The number of nitrogens with one attached hydrogen (secondary N) is 2. The Hall–Kier alpha value is -1.52. The minimum atomic E-state index is -3.64. The Kier molecular flexibility index (Phi) is 5.04. The van der Waals surface area contributed by atoms with Gasteiger partial charge >= 0.3 is 0 Å². The summed E-state index contributed by atoms with van der Waals surface area (Å²) in [5, 5.41) is 14.7. The molecule has 8 nitrogen and oxygen atoms in total. The number of hydrogen-bond acceptors (Lipinski definition) is 7. The van der Waals surface area contributed by atoms with Crippen molar-refractivity contribution in [3.63, 3.8) is 0 Å². The Morgan fingerprint density at radius 1 is 1.40 bits per heavy atom. The molecule has 0 aliphatic rings. The van der Waals surface area contributed by atoms with Crippen LogP contribution in [0, 0.1) is 0 Å². The predicted octanol–water partition coefficient (Wildman–Crippen LogP) is 0.535. The monoisotopic (exact) mass is 316 g/mol. The second-order valence-electron chi connectivity index (χ2n) is 4.04. The normalized spacial score (nSPS) is 11.7. The van der Waals surface area contributed by atoms with Crippen LogP contribution in [0.1, 0.15) is 13.3 Å². The Labute approximate surface area is 121 Å². The Balaban J connectivity index is 1.97. The molecule has 0 radical (unpaired) electrons. The first-order valence-corrected chi connectivity index (χ1v) is 8.50. The Morgan fingerprint density at radius 2 is 2.25 bits per heavy atom. The molecule has 0 atom stereocenters. The summed E-state index contributed by atoms with van der Waals surface area (Å²) < 4.78 is 28.0. The van der Waals surface area contributed by atoms with Gasteiger partial charge in [0.1, 0.15) is 10.4 Å². The zero-order valence-corrected chi connectivity index (χ0v) is 12.6. The van der Waals surface area contributed by atoms with Gasteiger partial charge in [0.05, 0.1) is 12.7 Å². The summed E-state index contributed by atoms with van der Waals surface area (Å²) in [5.74, 6) is 0. The smallest absolute Gasteiger partial charge is 0.266 e. The lowest BCUT2D eigenvalue weighted by molar-refractivity contribution is 0.552. The van der Waals surface area contributed by atoms with Crippen molar-refractivity contribution in [2.75, 3.05) is 17.8 Å². The second-order valence-corrected chi connectivity index (χ2v) is 6.55. The summed E-state index contributed by atoms with van der Waals surface area (Å²) in [4.78, 5) is 0.114. The van der Waals surface area contributed by atoms with Crippen LogP contribution in [0.5, 0.6) is 0 Å². The fraction of sp³-hybridized carbons (Fsp3) is 0.500. The molecule has 0 saturated heterocycles. The second kappa shape index (κ2) is 6.77. The standard InChI is InChI=1S/C10H16N6O2S2/c1-2-3-11-4-5-16-7-9(6-13-16)20(17,18)15-10-14-12-8-19-10/h6-8,11H,2-5H2,1H3,(H,14,15). The Bertz CT molecular complexity index is 622. The van der Waals surface area contributed by atoms with Gasteiger partial charge in [-0.15, -0.1) is 10.2 Å². The highest BCUT2D eigenvalue weighted by atomic mass is 32.2. The highest BCUT2D eigenvalue weighted by molar-refractivity contribution is 7.93. The van der Waals surface area contributed by atoms with Gasteiger partial charge in [-0.1, -0.05) is 18.3 Å². The lowest BCUT2D eigenvalue weighted by Crippen LogP contribution is -2.20. The predicted molar refractivity (Wildman–Crippen MR) is 76.1 cm³/mol. The number of aromatic nitrogens is 4. The summed E-state index contributed by atoms with van der Waals surface area (Å²) in [7, 11) is -3.64. The van der Waals surface area contributed by atoms with E-state index in [1.807, 2.05) is 0 Å². The van der Waals surface area contributed by atoms with Crippen molar-refractivity contribution in [2.45, 2.75) is 24.8 Å². The van der Waals surface area contributed by atoms with E-state index in [0.29, 0.717) is 6.54 Å². The minimum absolute atomic E-state index is 0.114. The van der Waals surface area contributed by atoms with E-state index in [1.165, 1.54) is 17.9 Å². The molecule has 0 aromatic carbocycles. The molecule has 0 bridgehead atoms. The van der Waals surface area contributed by atoms with Crippen LogP contribution in [0.25, 0.3) is 0 Å². The average molecular weight is 316 g/mol. The first-order valence-electron chi connectivity index (χ1n) is 6.14. The van der Waals surface area contributed by atoms with Crippen LogP contribution in [0.15, 0.2) is 22.8 Å².